The zero-order chi connectivity index (χ0) is 13.5. The van der Waals surface area contributed by atoms with E-state index in [1.165, 1.54) is 17.5 Å². The summed E-state index contributed by atoms with van der Waals surface area (Å²) >= 11 is 1.58. The maximum atomic E-state index is 12.4. The van der Waals surface area contributed by atoms with Gasteiger partial charge in [0.15, 0.2) is 0 Å². The van der Waals surface area contributed by atoms with Crippen molar-refractivity contribution in [3.63, 3.8) is 0 Å². The zero-order valence-corrected chi connectivity index (χ0v) is 13.3. The van der Waals surface area contributed by atoms with Gasteiger partial charge in [-0.05, 0) is 43.2 Å². The van der Waals surface area contributed by atoms with Gasteiger partial charge < -0.3 is 10.6 Å². The molecule has 1 aromatic heterocycles. The third-order valence-electron chi connectivity index (χ3n) is 4.46. The second kappa shape index (κ2) is 5.95. The molecule has 4 rings (SSSR count). The lowest BCUT2D eigenvalue weighted by Gasteiger charge is -2.29. The van der Waals surface area contributed by atoms with Crippen molar-refractivity contribution in [2.45, 2.75) is 43.8 Å². The van der Waals surface area contributed by atoms with Crippen molar-refractivity contribution in [2.75, 3.05) is 0 Å². The summed E-state index contributed by atoms with van der Waals surface area (Å²) in [6, 6.07) is 11.7. The van der Waals surface area contributed by atoms with E-state index in [4.69, 9.17) is 0 Å². The number of rotatable bonds is 2. The van der Waals surface area contributed by atoms with E-state index in [0.29, 0.717) is 18.1 Å². The summed E-state index contributed by atoms with van der Waals surface area (Å²) in [6.45, 7) is 0. The Hall–Kier alpha value is -1.10. The Kier molecular flexibility index (Phi) is 4.20. The van der Waals surface area contributed by atoms with Gasteiger partial charge in [-0.25, -0.2) is 0 Å². The van der Waals surface area contributed by atoms with Gasteiger partial charge in [-0.3, -0.25) is 4.79 Å². The van der Waals surface area contributed by atoms with E-state index < -0.39 is 0 Å². The molecule has 2 bridgehead atoms. The van der Waals surface area contributed by atoms with Crippen LogP contribution < -0.4 is 10.6 Å². The molecule has 0 radical (unpaired) electrons. The Morgan fingerprint density at radius 1 is 1.19 bits per heavy atom. The van der Waals surface area contributed by atoms with Gasteiger partial charge in [-0.2, -0.15) is 0 Å². The number of fused-ring (bicyclic) bond motifs is 3. The third-order valence-corrected chi connectivity index (χ3v) is 5.57. The number of carbonyl (C=O) groups is 1. The first-order chi connectivity index (χ1) is 9.78. The maximum Gasteiger partial charge on any atom is 0.261 e. The van der Waals surface area contributed by atoms with Gasteiger partial charge in [0, 0.05) is 22.8 Å². The van der Waals surface area contributed by atoms with E-state index in [-0.39, 0.29) is 18.3 Å². The van der Waals surface area contributed by atoms with Crippen molar-refractivity contribution in [1.29, 1.82) is 0 Å². The Morgan fingerprint density at radius 3 is 2.62 bits per heavy atom. The summed E-state index contributed by atoms with van der Waals surface area (Å²) in [4.78, 5) is 13.2. The molecular formula is C16H19ClN2OS. The van der Waals surface area contributed by atoms with Crippen molar-refractivity contribution in [3.8, 4) is 0 Å². The number of hydrogen-bond donors (Lipinski definition) is 2. The molecule has 2 unspecified atom stereocenters. The molecule has 1 amide bonds. The number of piperidine rings is 1. The fourth-order valence-corrected chi connectivity index (χ4v) is 4.49. The highest BCUT2D eigenvalue weighted by molar-refractivity contribution is 7.20. The first kappa shape index (κ1) is 14.8. The second-order valence-electron chi connectivity index (χ2n) is 5.93. The van der Waals surface area contributed by atoms with Crippen LogP contribution in [0.1, 0.15) is 35.4 Å². The van der Waals surface area contributed by atoms with Crippen molar-refractivity contribution in [1.82, 2.24) is 10.6 Å². The number of nitrogens with one attached hydrogen (secondary N) is 2. The lowest BCUT2D eigenvalue weighted by atomic mass is 10.00. The summed E-state index contributed by atoms with van der Waals surface area (Å²) in [5.74, 6) is 0.0949. The maximum absolute atomic E-state index is 12.4. The Balaban J connectivity index is 0.00000132. The van der Waals surface area contributed by atoms with Gasteiger partial charge in [0.05, 0.1) is 4.88 Å². The first-order valence-electron chi connectivity index (χ1n) is 7.33. The molecule has 2 aliphatic heterocycles. The van der Waals surface area contributed by atoms with E-state index in [2.05, 4.69) is 22.8 Å². The number of benzene rings is 1. The Morgan fingerprint density at radius 2 is 1.90 bits per heavy atom. The largest absolute Gasteiger partial charge is 0.348 e. The minimum atomic E-state index is 0. The molecule has 2 saturated heterocycles. The van der Waals surface area contributed by atoms with Crippen LogP contribution in [0, 0.1) is 0 Å². The normalized spacial score (nSPS) is 27.3. The van der Waals surface area contributed by atoms with Crippen LogP contribution in [0.15, 0.2) is 30.3 Å². The topological polar surface area (TPSA) is 41.1 Å². The van der Waals surface area contributed by atoms with Crippen LogP contribution in [-0.4, -0.2) is 24.0 Å². The fourth-order valence-electron chi connectivity index (χ4n) is 3.53. The first-order valence-corrected chi connectivity index (χ1v) is 8.15. The standard InChI is InChI=1S/C16H18N2OS.ClH/c19-16(15-7-10-3-1-2-4-14(10)20-15)18-13-8-11-5-6-12(9-13)17-11;/h1-4,7,11-13,17H,5-6,8-9H2,(H,18,19);1H. The molecule has 5 heteroatoms. The number of amides is 1. The molecule has 3 heterocycles. The van der Waals surface area contributed by atoms with Crippen molar-refractivity contribution < 1.29 is 4.79 Å². The quantitative estimate of drug-likeness (QED) is 0.890. The van der Waals surface area contributed by atoms with Gasteiger partial charge in [0.25, 0.3) is 5.91 Å². The molecule has 2 aliphatic rings. The van der Waals surface area contributed by atoms with E-state index >= 15 is 0 Å². The Labute approximate surface area is 134 Å². The molecule has 0 aliphatic carbocycles. The number of thiophene rings is 1. The van der Waals surface area contributed by atoms with E-state index in [1.807, 2.05) is 18.2 Å². The van der Waals surface area contributed by atoms with Crippen molar-refractivity contribution in [2.24, 2.45) is 0 Å². The molecule has 112 valence electrons. The van der Waals surface area contributed by atoms with Crippen LogP contribution in [-0.2, 0) is 0 Å². The third kappa shape index (κ3) is 2.93. The molecule has 2 aromatic rings. The molecule has 3 nitrogen and oxygen atoms in total. The molecule has 2 N–H and O–H groups in total. The average molecular weight is 323 g/mol. The monoisotopic (exact) mass is 322 g/mol. The minimum absolute atomic E-state index is 0. The molecule has 0 saturated carbocycles. The summed E-state index contributed by atoms with van der Waals surface area (Å²) in [6.07, 6.45) is 4.68. The minimum Gasteiger partial charge on any atom is -0.348 e. The van der Waals surface area contributed by atoms with Crippen LogP contribution >= 0.6 is 23.7 Å². The highest BCUT2D eigenvalue weighted by Gasteiger charge is 2.34. The molecule has 2 fully saturated rings. The van der Waals surface area contributed by atoms with E-state index in [9.17, 15) is 4.79 Å². The number of carbonyl (C=O) groups excluding carboxylic acids is 1. The number of halogens is 1. The lowest BCUT2D eigenvalue weighted by Crippen LogP contribution is -2.47. The highest BCUT2D eigenvalue weighted by Crippen LogP contribution is 2.28. The zero-order valence-electron chi connectivity index (χ0n) is 11.7. The van der Waals surface area contributed by atoms with Gasteiger partial charge in [-0.15, -0.1) is 23.7 Å². The van der Waals surface area contributed by atoms with Crippen molar-refractivity contribution in [3.05, 3.63) is 35.2 Å². The molecule has 21 heavy (non-hydrogen) atoms. The Bertz CT molecular complexity index is 612. The van der Waals surface area contributed by atoms with Crippen LogP contribution in [0.25, 0.3) is 10.1 Å². The number of hydrogen-bond acceptors (Lipinski definition) is 3. The summed E-state index contributed by atoms with van der Waals surface area (Å²) in [7, 11) is 0. The van der Waals surface area contributed by atoms with Crippen LogP contribution in [0.3, 0.4) is 0 Å². The van der Waals surface area contributed by atoms with Crippen LogP contribution in [0.4, 0.5) is 0 Å². The summed E-state index contributed by atoms with van der Waals surface area (Å²) in [5.41, 5.74) is 0. The van der Waals surface area contributed by atoms with Crippen LogP contribution in [0.2, 0.25) is 0 Å². The SMILES string of the molecule is Cl.O=C(NC1CC2CCC(C1)N2)c1cc2ccccc2s1. The molecule has 0 spiro atoms. The molecular weight excluding hydrogens is 304 g/mol. The smallest absolute Gasteiger partial charge is 0.261 e. The van der Waals surface area contributed by atoms with E-state index in [1.54, 1.807) is 11.3 Å². The van der Waals surface area contributed by atoms with Crippen molar-refractivity contribution >= 4 is 39.7 Å². The lowest BCUT2D eigenvalue weighted by molar-refractivity contribution is 0.0928. The summed E-state index contributed by atoms with van der Waals surface area (Å²) < 4.78 is 1.18. The van der Waals surface area contributed by atoms with Crippen LogP contribution in [0.5, 0.6) is 0 Å². The summed E-state index contributed by atoms with van der Waals surface area (Å²) in [5, 5.41) is 7.99. The van der Waals surface area contributed by atoms with Gasteiger partial charge in [0.1, 0.15) is 0 Å². The second-order valence-corrected chi connectivity index (χ2v) is 7.01. The fraction of sp³-hybridized carbons (Fsp3) is 0.438. The predicted octanol–water partition coefficient (Wildman–Crippen LogP) is 3.34. The van der Waals surface area contributed by atoms with Gasteiger partial charge >= 0.3 is 0 Å². The molecule has 1 aromatic carbocycles. The highest BCUT2D eigenvalue weighted by atomic mass is 35.5. The average Bonchev–Trinajstić information content (AvgIpc) is 3.02. The predicted molar refractivity (Wildman–Crippen MR) is 89.5 cm³/mol. The van der Waals surface area contributed by atoms with Gasteiger partial charge in [-0.1, -0.05) is 18.2 Å². The van der Waals surface area contributed by atoms with E-state index in [0.717, 1.165) is 23.1 Å². The molecule has 2 atom stereocenters. The van der Waals surface area contributed by atoms with Gasteiger partial charge in [0.2, 0.25) is 0 Å².